The van der Waals surface area contributed by atoms with Crippen LogP contribution in [-0.2, 0) is 11.3 Å². The van der Waals surface area contributed by atoms with Gasteiger partial charge in [0.05, 0.1) is 5.41 Å². The molecule has 0 saturated carbocycles. The Bertz CT molecular complexity index is 469. The summed E-state index contributed by atoms with van der Waals surface area (Å²) in [5, 5.41) is 9.00. The molecule has 102 valence electrons. The summed E-state index contributed by atoms with van der Waals surface area (Å²) < 4.78 is 3.31. The van der Waals surface area contributed by atoms with Gasteiger partial charge in [0, 0.05) is 25.0 Å². The second-order valence-electron chi connectivity index (χ2n) is 5.57. The first-order valence-corrected chi connectivity index (χ1v) is 6.26. The van der Waals surface area contributed by atoms with E-state index in [0.29, 0.717) is 19.4 Å². The summed E-state index contributed by atoms with van der Waals surface area (Å²) >= 11 is 0. The van der Waals surface area contributed by atoms with Crippen LogP contribution in [0.25, 0.3) is 0 Å². The van der Waals surface area contributed by atoms with Crippen LogP contribution in [0.2, 0.25) is 0 Å². The number of carboxylic acids is 1. The molecule has 5 nitrogen and oxygen atoms in total. The molecule has 0 amide bonds. The van der Waals surface area contributed by atoms with Crippen LogP contribution in [0, 0.1) is 5.41 Å². The van der Waals surface area contributed by atoms with Crippen molar-refractivity contribution in [3.63, 3.8) is 0 Å². The van der Waals surface area contributed by atoms with Gasteiger partial charge in [0.1, 0.15) is 0 Å². The molecule has 18 heavy (non-hydrogen) atoms. The van der Waals surface area contributed by atoms with Crippen molar-refractivity contribution < 1.29 is 9.90 Å². The maximum absolute atomic E-state index is 11.9. The molecule has 0 saturated heterocycles. The summed E-state index contributed by atoms with van der Waals surface area (Å²) in [6.45, 7) is 7.89. The Balaban J connectivity index is 2.61. The van der Waals surface area contributed by atoms with Crippen molar-refractivity contribution in [2.45, 2.75) is 53.1 Å². The van der Waals surface area contributed by atoms with Crippen LogP contribution >= 0.6 is 0 Å². The molecule has 0 fully saturated rings. The predicted octanol–water partition coefficient (Wildman–Crippen LogP) is 2.12. The molecule has 1 aromatic heterocycles. The number of aromatic nitrogens is 2. The topological polar surface area (TPSA) is 64.2 Å². The zero-order valence-corrected chi connectivity index (χ0v) is 11.5. The number of carbonyl (C=O) groups is 1. The van der Waals surface area contributed by atoms with Gasteiger partial charge in [-0.25, -0.2) is 4.79 Å². The smallest absolute Gasteiger partial charge is 0.328 e. The van der Waals surface area contributed by atoms with E-state index in [1.54, 1.807) is 35.4 Å². The molecule has 0 unspecified atom stereocenters. The Labute approximate surface area is 107 Å². The van der Waals surface area contributed by atoms with E-state index in [1.165, 1.54) is 0 Å². The second kappa shape index (κ2) is 5.42. The minimum absolute atomic E-state index is 0.0295. The highest BCUT2D eigenvalue weighted by Crippen LogP contribution is 2.22. The third-order valence-electron chi connectivity index (χ3n) is 3.21. The van der Waals surface area contributed by atoms with Crippen molar-refractivity contribution in [3.8, 4) is 0 Å². The van der Waals surface area contributed by atoms with Gasteiger partial charge in [0.15, 0.2) is 0 Å². The zero-order valence-electron chi connectivity index (χ0n) is 11.5. The quantitative estimate of drug-likeness (QED) is 0.845. The van der Waals surface area contributed by atoms with Crippen molar-refractivity contribution in [1.82, 2.24) is 9.13 Å². The van der Waals surface area contributed by atoms with Gasteiger partial charge < -0.3 is 5.11 Å². The van der Waals surface area contributed by atoms with Gasteiger partial charge in [0.25, 0.3) is 0 Å². The Kier molecular flexibility index (Phi) is 4.38. The highest BCUT2D eigenvalue weighted by atomic mass is 16.4. The lowest BCUT2D eigenvalue weighted by Gasteiger charge is -2.18. The first-order valence-electron chi connectivity index (χ1n) is 6.26. The molecule has 1 heterocycles. The van der Waals surface area contributed by atoms with E-state index < -0.39 is 11.4 Å². The molecule has 0 radical (unpaired) electrons. The first-order chi connectivity index (χ1) is 8.25. The van der Waals surface area contributed by atoms with Crippen molar-refractivity contribution in [1.29, 1.82) is 0 Å². The number of carboxylic acid groups (broad SMARTS) is 1. The van der Waals surface area contributed by atoms with E-state index in [2.05, 4.69) is 0 Å². The fraction of sp³-hybridized carbons (Fsp3) is 0.692. The minimum Gasteiger partial charge on any atom is -0.481 e. The van der Waals surface area contributed by atoms with Gasteiger partial charge in [0.2, 0.25) is 0 Å². The summed E-state index contributed by atoms with van der Waals surface area (Å²) in [5.41, 5.74) is -0.761. The Morgan fingerprint density at radius 3 is 2.44 bits per heavy atom. The molecule has 0 aliphatic rings. The number of rotatable bonds is 6. The highest BCUT2D eigenvalue weighted by Gasteiger charge is 2.26. The SMILES string of the molecule is CC(C)n1ccn(CCCC(C)(C)C(=O)O)c1=O. The Hall–Kier alpha value is -1.52. The molecule has 0 aliphatic heterocycles. The van der Waals surface area contributed by atoms with E-state index in [9.17, 15) is 9.59 Å². The number of imidazole rings is 1. The zero-order chi connectivity index (χ0) is 13.9. The number of nitrogens with zero attached hydrogens (tertiary/aromatic N) is 2. The van der Waals surface area contributed by atoms with Crippen LogP contribution in [0.3, 0.4) is 0 Å². The maximum Gasteiger partial charge on any atom is 0.328 e. The van der Waals surface area contributed by atoms with E-state index in [-0.39, 0.29) is 11.7 Å². The van der Waals surface area contributed by atoms with Crippen LogP contribution in [0.15, 0.2) is 17.2 Å². The van der Waals surface area contributed by atoms with Crippen molar-refractivity contribution >= 4 is 5.97 Å². The minimum atomic E-state index is -0.797. The van der Waals surface area contributed by atoms with Gasteiger partial charge >= 0.3 is 11.7 Å². The largest absolute Gasteiger partial charge is 0.481 e. The number of hydrogen-bond acceptors (Lipinski definition) is 2. The van der Waals surface area contributed by atoms with E-state index in [1.807, 2.05) is 13.8 Å². The van der Waals surface area contributed by atoms with Gasteiger partial charge in [-0.05, 0) is 40.5 Å². The van der Waals surface area contributed by atoms with Gasteiger partial charge in [-0.2, -0.15) is 0 Å². The summed E-state index contributed by atoms with van der Waals surface area (Å²) in [6, 6.07) is 0.147. The van der Waals surface area contributed by atoms with Crippen molar-refractivity contribution in [2.24, 2.45) is 5.41 Å². The van der Waals surface area contributed by atoms with E-state index >= 15 is 0 Å². The van der Waals surface area contributed by atoms with Gasteiger partial charge in [-0.1, -0.05) is 0 Å². The van der Waals surface area contributed by atoms with E-state index in [0.717, 1.165) is 0 Å². The fourth-order valence-electron chi connectivity index (χ4n) is 1.79. The normalized spacial score (nSPS) is 12.1. The van der Waals surface area contributed by atoms with Crippen molar-refractivity contribution in [3.05, 3.63) is 22.9 Å². The van der Waals surface area contributed by atoms with Crippen molar-refractivity contribution in [2.75, 3.05) is 0 Å². The number of aliphatic carboxylic acids is 1. The lowest BCUT2D eigenvalue weighted by Crippen LogP contribution is -2.27. The Morgan fingerprint density at radius 2 is 2.00 bits per heavy atom. The van der Waals surface area contributed by atoms with Crippen LogP contribution in [0.4, 0.5) is 0 Å². The summed E-state index contributed by atoms with van der Waals surface area (Å²) in [6.07, 6.45) is 4.77. The molecule has 0 aliphatic carbocycles. The monoisotopic (exact) mass is 254 g/mol. The average molecular weight is 254 g/mol. The molecule has 1 aromatic rings. The number of hydrogen-bond donors (Lipinski definition) is 1. The summed E-state index contributed by atoms with van der Waals surface area (Å²) in [4.78, 5) is 22.9. The molecule has 1 N–H and O–H groups in total. The van der Waals surface area contributed by atoms with Gasteiger partial charge in [-0.3, -0.25) is 13.9 Å². The Morgan fingerprint density at radius 1 is 1.39 bits per heavy atom. The molecule has 0 bridgehead atoms. The molecule has 0 atom stereocenters. The van der Waals surface area contributed by atoms with Crippen LogP contribution in [-0.4, -0.2) is 20.2 Å². The average Bonchev–Trinajstić information content (AvgIpc) is 2.60. The number of aryl methyl sites for hydroxylation is 1. The highest BCUT2D eigenvalue weighted by molar-refractivity contribution is 5.73. The standard InChI is InChI=1S/C13H22N2O3/c1-10(2)15-9-8-14(12(15)18)7-5-6-13(3,4)11(16)17/h8-10H,5-7H2,1-4H3,(H,16,17). The van der Waals surface area contributed by atoms with Gasteiger partial charge in [-0.15, -0.1) is 0 Å². The first kappa shape index (κ1) is 14.5. The molecular weight excluding hydrogens is 232 g/mol. The molecular formula is C13H22N2O3. The molecule has 0 aromatic carbocycles. The third-order valence-corrected chi connectivity index (χ3v) is 3.21. The third kappa shape index (κ3) is 3.24. The second-order valence-corrected chi connectivity index (χ2v) is 5.57. The summed E-state index contributed by atoms with van der Waals surface area (Å²) in [7, 11) is 0. The lowest BCUT2D eigenvalue weighted by atomic mass is 9.88. The van der Waals surface area contributed by atoms with Crippen LogP contribution in [0.1, 0.15) is 46.6 Å². The van der Waals surface area contributed by atoms with Crippen LogP contribution in [0.5, 0.6) is 0 Å². The predicted molar refractivity (Wildman–Crippen MR) is 69.7 cm³/mol. The fourth-order valence-corrected chi connectivity index (χ4v) is 1.79. The molecule has 1 rings (SSSR count). The lowest BCUT2D eigenvalue weighted by molar-refractivity contribution is -0.147. The molecule has 5 heteroatoms. The molecule has 0 spiro atoms. The van der Waals surface area contributed by atoms with Crippen LogP contribution < -0.4 is 5.69 Å². The summed E-state index contributed by atoms with van der Waals surface area (Å²) in [5.74, 6) is -0.797. The van der Waals surface area contributed by atoms with E-state index in [4.69, 9.17) is 5.11 Å². The maximum atomic E-state index is 11.9.